The second-order valence-corrected chi connectivity index (χ2v) is 11.9. The zero-order valence-corrected chi connectivity index (χ0v) is 23.7. The Hall–Kier alpha value is -3.64. The van der Waals surface area contributed by atoms with Crippen LogP contribution in [0.3, 0.4) is 0 Å². The fourth-order valence-electron chi connectivity index (χ4n) is 7.34. The van der Waals surface area contributed by atoms with E-state index < -0.39 is 76.4 Å². The summed E-state index contributed by atoms with van der Waals surface area (Å²) >= 11 is 0. The quantitative estimate of drug-likeness (QED) is 0.397. The van der Waals surface area contributed by atoms with Gasteiger partial charge in [0.15, 0.2) is 6.10 Å². The van der Waals surface area contributed by atoms with E-state index in [4.69, 9.17) is 32.5 Å². The van der Waals surface area contributed by atoms with E-state index >= 15 is 0 Å². The van der Waals surface area contributed by atoms with Gasteiger partial charge in [-0.3, -0.25) is 9.59 Å². The molecule has 8 atom stereocenters. The van der Waals surface area contributed by atoms with Crippen LogP contribution in [0.2, 0.25) is 0 Å². The molecule has 222 valence electrons. The van der Waals surface area contributed by atoms with Crippen LogP contribution in [0.4, 0.5) is 0 Å². The van der Waals surface area contributed by atoms with E-state index in [9.17, 15) is 24.3 Å². The summed E-state index contributed by atoms with van der Waals surface area (Å²) in [5, 5.41) is 12.3. The molecule has 2 aliphatic carbocycles. The van der Waals surface area contributed by atoms with Crippen LogP contribution in [-0.4, -0.2) is 70.2 Å². The van der Waals surface area contributed by atoms with Crippen molar-refractivity contribution in [3.63, 3.8) is 0 Å². The number of aliphatic hydroxyl groups is 1. The summed E-state index contributed by atoms with van der Waals surface area (Å²) in [6.07, 6.45) is -2.15. The van der Waals surface area contributed by atoms with Gasteiger partial charge >= 0.3 is 23.9 Å². The van der Waals surface area contributed by atoms with E-state index in [1.807, 2.05) is 0 Å². The van der Waals surface area contributed by atoms with Crippen LogP contribution >= 0.6 is 0 Å². The summed E-state index contributed by atoms with van der Waals surface area (Å²) in [5.41, 5.74) is -6.34. The third-order valence-electron chi connectivity index (χ3n) is 8.89. The lowest BCUT2D eigenvalue weighted by Gasteiger charge is -2.65. The maximum Gasteiger partial charge on any atom is 0.374 e. The van der Waals surface area contributed by atoms with Crippen molar-refractivity contribution in [1.29, 1.82) is 0 Å². The summed E-state index contributed by atoms with van der Waals surface area (Å²) in [5.74, 6) is -3.69. The first-order valence-corrected chi connectivity index (χ1v) is 13.4. The first-order valence-electron chi connectivity index (χ1n) is 13.4. The Balaban J connectivity index is 1.71. The maximum absolute atomic E-state index is 13.3. The molecule has 1 spiro atoms. The highest BCUT2D eigenvalue weighted by Crippen LogP contribution is 2.69. The van der Waals surface area contributed by atoms with Crippen molar-refractivity contribution < 1.29 is 56.8 Å². The Morgan fingerprint density at radius 1 is 0.829 bits per heavy atom. The molecule has 1 saturated heterocycles. The van der Waals surface area contributed by atoms with Crippen molar-refractivity contribution in [2.24, 2.45) is 11.3 Å². The average Bonchev–Trinajstić information content (AvgIpc) is 3.61. The lowest BCUT2D eigenvalue weighted by molar-refractivity contribution is -0.343. The fraction of sp³-hybridized carbons (Fsp3) is 0.586. The van der Waals surface area contributed by atoms with Crippen LogP contribution < -0.4 is 0 Å². The van der Waals surface area contributed by atoms with Crippen molar-refractivity contribution in [2.75, 3.05) is 0 Å². The molecule has 1 aliphatic heterocycles. The zero-order chi connectivity index (χ0) is 30.0. The SMILES string of the molecule is CC(=O)O[C@H]1C[C@@](C)(O)[C@]23OC(C)(C)[C@H](C[C@H](OC(=O)c4ccco4)[C@]2(C)[C@H]1OC(C)=O)[C@H]3OC(=O)c1ccco1. The second-order valence-electron chi connectivity index (χ2n) is 11.9. The standard InChI is InChI=1S/C29H34O12/c1-15(30)37-20-14-27(5,34)29-22(40-25(33)19-10-8-12-36-19)17(26(3,4)41-29)13-21(28(29,6)23(20)38-16(2)31)39-24(32)18-9-7-11-35-18/h7-12,17,20-23,34H,13-14H2,1-6H3/t17-,20+,21+,22-,23+,27-,28-,29+/m1/s1. The zero-order valence-electron chi connectivity index (χ0n) is 23.7. The Kier molecular flexibility index (Phi) is 6.85. The first kappa shape index (κ1) is 28.9. The number of hydrogen-bond donors (Lipinski definition) is 1. The summed E-state index contributed by atoms with van der Waals surface area (Å²) < 4.78 is 40.8. The average molecular weight is 575 g/mol. The minimum Gasteiger partial charge on any atom is -0.458 e. The van der Waals surface area contributed by atoms with Gasteiger partial charge in [0.05, 0.1) is 29.1 Å². The van der Waals surface area contributed by atoms with Crippen LogP contribution in [-0.2, 0) is 33.3 Å². The highest BCUT2D eigenvalue weighted by molar-refractivity contribution is 5.87. The molecule has 12 nitrogen and oxygen atoms in total. The molecule has 1 N–H and O–H groups in total. The summed E-state index contributed by atoms with van der Waals surface area (Å²) in [4.78, 5) is 51.2. The molecule has 5 rings (SSSR count). The molecule has 0 radical (unpaired) electrons. The number of esters is 4. The lowest BCUT2D eigenvalue weighted by atomic mass is 9.47. The topological polar surface area (TPSA) is 161 Å². The molecule has 2 bridgehead atoms. The highest BCUT2D eigenvalue weighted by atomic mass is 16.6. The Labute approximate surface area is 236 Å². The van der Waals surface area contributed by atoms with Crippen molar-refractivity contribution >= 4 is 23.9 Å². The second kappa shape index (κ2) is 9.73. The number of rotatable bonds is 6. The molecule has 3 aliphatic rings. The van der Waals surface area contributed by atoms with Crippen molar-refractivity contribution in [2.45, 2.75) is 95.6 Å². The molecule has 12 heteroatoms. The van der Waals surface area contributed by atoms with E-state index in [1.54, 1.807) is 20.8 Å². The van der Waals surface area contributed by atoms with Crippen molar-refractivity contribution in [3.05, 3.63) is 48.3 Å². The molecule has 0 aromatic carbocycles. The van der Waals surface area contributed by atoms with Gasteiger partial charge in [0.1, 0.15) is 23.9 Å². The van der Waals surface area contributed by atoms with E-state index in [-0.39, 0.29) is 24.4 Å². The van der Waals surface area contributed by atoms with Crippen LogP contribution in [0.1, 0.15) is 75.5 Å². The number of hydrogen-bond acceptors (Lipinski definition) is 12. The van der Waals surface area contributed by atoms with Crippen molar-refractivity contribution in [1.82, 2.24) is 0 Å². The molecular weight excluding hydrogens is 540 g/mol. The van der Waals surface area contributed by atoms with Gasteiger partial charge in [0.2, 0.25) is 11.5 Å². The number of carbonyl (C=O) groups is 4. The van der Waals surface area contributed by atoms with Crippen LogP contribution in [0.25, 0.3) is 0 Å². The van der Waals surface area contributed by atoms with Gasteiger partial charge in [0.25, 0.3) is 0 Å². The van der Waals surface area contributed by atoms with E-state index in [2.05, 4.69) is 0 Å². The van der Waals surface area contributed by atoms with Gasteiger partial charge in [-0.2, -0.15) is 0 Å². The number of furan rings is 2. The Bertz CT molecular complexity index is 1330. The van der Waals surface area contributed by atoms with Gasteiger partial charge in [-0.15, -0.1) is 0 Å². The van der Waals surface area contributed by atoms with Gasteiger partial charge < -0.3 is 37.6 Å². The minimum absolute atomic E-state index is 0.0588. The van der Waals surface area contributed by atoms with Gasteiger partial charge in [-0.1, -0.05) is 0 Å². The molecule has 0 unspecified atom stereocenters. The summed E-state index contributed by atoms with van der Waals surface area (Å²) in [6, 6.07) is 5.95. The normalized spacial score (nSPS) is 37.0. The van der Waals surface area contributed by atoms with Gasteiger partial charge in [-0.25, -0.2) is 9.59 Å². The Morgan fingerprint density at radius 3 is 1.90 bits per heavy atom. The van der Waals surface area contributed by atoms with Gasteiger partial charge in [-0.05, 0) is 58.4 Å². The van der Waals surface area contributed by atoms with Crippen molar-refractivity contribution in [3.8, 4) is 0 Å². The number of carbonyl (C=O) groups excluding carboxylic acids is 4. The molecule has 2 saturated carbocycles. The maximum atomic E-state index is 13.3. The Morgan fingerprint density at radius 2 is 1.39 bits per heavy atom. The number of ether oxygens (including phenoxy) is 5. The summed E-state index contributed by atoms with van der Waals surface area (Å²) in [6.45, 7) is 9.06. The smallest absolute Gasteiger partial charge is 0.374 e. The van der Waals surface area contributed by atoms with Crippen LogP contribution in [0.15, 0.2) is 45.6 Å². The third kappa shape index (κ3) is 4.35. The van der Waals surface area contributed by atoms with Gasteiger partial charge in [0, 0.05) is 26.2 Å². The van der Waals surface area contributed by atoms with E-state index in [0.717, 1.165) is 0 Å². The molecule has 2 aromatic rings. The van der Waals surface area contributed by atoms with E-state index in [1.165, 1.54) is 57.6 Å². The predicted molar refractivity (Wildman–Crippen MR) is 136 cm³/mol. The number of fused-ring (bicyclic) bond motifs is 1. The molecule has 41 heavy (non-hydrogen) atoms. The fourth-order valence-corrected chi connectivity index (χ4v) is 7.34. The van der Waals surface area contributed by atoms with E-state index in [0.29, 0.717) is 0 Å². The van der Waals surface area contributed by atoms with Crippen LogP contribution in [0, 0.1) is 11.3 Å². The molecular formula is C29H34O12. The molecule has 0 amide bonds. The van der Waals surface area contributed by atoms with Crippen LogP contribution in [0.5, 0.6) is 0 Å². The monoisotopic (exact) mass is 574 g/mol. The predicted octanol–water partition coefficient (Wildman–Crippen LogP) is 3.22. The first-order chi connectivity index (χ1) is 19.1. The minimum atomic E-state index is -1.87. The molecule has 2 aromatic heterocycles. The molecule has 3 heterocycles. The lowest BCUT2D eigenvalue weighted by Crippen LogP contribution is -2.81. The third-order valence-corrected chi connectivity index (χ3v) is 8.89. The molecule has 3 fully saturated rings. The summed E-state index contributed by atoms with van der Waals surface area (Å²) in [7, 11) is 0. The largest absolute Gasteiger partial charge is 0.458 e. The highest BCUT2D eigenvalue weighted by Gasteiger charge is 2.84.